The van der Waals surface area contributed by atoms with Crippen molar-refractivity contribution in [3.63, 3.8) is 0 Å². The molecule has 63 valence electrons. The molecule has 0 spiro atoms. The molecule has 1 aliphatic heterocycles. The number of rotatable bonds is 0. The zero-order chi connectivity index (χ0) is 6.85. The van der Waals surface area contributed by atoms with Gasteiger partial charge >= 0.3 is 0 Å². The third kappa shape index (κ3) is 2.68. The van der Waals surface area contributed by atoms with Gasteiger partial charge in [0.05, 0.1) is 0 Å². The van der Waals surface area contributed by atoms with E-state index in [1.165, 1.54) is 13.1 Å². The summed E-state index contributed by atoms with van der Waals surface area (Å²) in [5.74, 6) is 1.67. The molecule has 1 saturated heterocycles. The minimum atomic E-state index is 0. The van der Waals surface area contributed by atoms with E-state index < -0.39 is 0 Å². The van der Waals surface area contributed by atoms with E-state index in [1.54, 1.807) is 0 Å². The molecule has 1 rings (SSSR count). The van der Waals surface area contributed by atoms with Crippen molar-refractivity contribution in [1.82, 2.24) is 4.90 Å². The van der Waals surface area contributed by atoms with E-state index in [1.807, 2.05) is 0 Å². The molecule has 0 saturated carbocycles. The van der Waals surface area contributed by atoms with Crippen molar-refractivity contribution in [2.24, 2.45) is 11.8 Å². The first-order chi connectivity index (χ1) is 4.20. The van der Waals surface area contributed by atoms with Crippen LogP contribution in [0.1, 0.15) is 13.8 Å². The molecule has 1 radical (unpaired) electrons. The summed E-state index contributed by atoms with van der Waals surface area (Å²) in [5, 5.41) is 0. The van der Waals surface area contributed by atoms with Crippen molar-refractivity contribution in [3.05, 3.63) is 6.42 Å². The first kappa shape index (κ1) is 10.6. The summed E-state index contributed by atoms with van der Waals surface area (Å²) in [7, 11) is 2.18. The summed E-state index contributed by atoms with van der Waals surface area (Å²) in [6.07, 6.45) is 2.40. The van der Waals surface area contributed by atoms with Crippen LogP contribution in [-0.4, -0.2) is 25.0 Å². The molecular formula is C8H16NRh-. The summed E-state index contributed by atoms with van der Waals surface area (Å²) in [5.41, 5.74) is 0. The fraction of sp³-hybridized carbons (Fsp3) is 0.875. The van der Waals surface area contributed by atoms with E-state index in [0.29, 0.717) is 0 Å². The van der Waals surface area contributed by atoms with Gasteiger partial charge in [-0.05, 0) is 13.6 Å². The third-order valence-corrected chi connectivity index (χ3v) is 2.29. The van der Waals surface area contributed by atoms with Gasteiger partial charge in [0.2, 0.25) is 0 Å². The zero-order valence-electron chi connectivity index (χ0n) is 6.93. The molecule has 1 heterocycles. The summed E-state index contributed by atoms with van der Waals surface area (Å²) in [6.45, 7) is 7.05. The molecule has 0 bridgehead atoms. The molecule has 0 aliphatic carbocycles. The van der Waals surface area contributed by atoms with Gasteiger partial charge in [-0.3, -0.25) is 0 Å². The second-order valence-electron chi connectivity index (χ2n) is 3.29. The molecule has 1 aliphatic rings. The molecule has 2 heteroatoms. The molecule has 0 aromatic heterocycles. The Morgan fingerprint density at radius 1 is 1.40 bits per heavy atom. The zero-order valence-corrected chi connectivity index (χ0v) is 8.57. The monoisotopic (exact) mass is 229 g/mol. The average Bonchev–Trinajstić information content (AvgIpc) is 1.80. The Kier molecular flexibility index (Phi) is 4.72. The molecule has 2 unspecified atom stereocenters. The molecule has 1 fully saturated rings. The van der Waals surface area contributed by atoms with E-state index in [9.17, 15) is 0 Å². The predicted molar refractivity (Wildman–Crippen MR) is 40.1 cm³/mol. The second-order valence-corrected chi connectivity index (χ2v) is 3.29. The average molecular weight is 229 g/mol. The molecule has 0 aromatic rings. The molecular weight excluding hydrogens is 213 g/mol. The topological polar surface area (TPSA) is 3.24 Å². The van der Waals surface area contributed by atoms with Gasteiger partial charge in [0.1, 0.15) is 0 Å². The SMILES string of the molecule is CC1[CH-]CN(C)CC1C.[Rh]. The maximum Gasteiger partial charge on any atom is 0 e. The van der Waals surface area contributed by atoms with Crippen LogP contribution in [0.4, 0.5) is 0 Å². The van der Waals surface area contributed by atoms with Crippen LogP contribution in [0, 0.1) is 18.3 Å². The molecule has 0 aromatic carbocycles. The van der Waals surface area contributed by atoms with Crippen LogP contribution < -0.4 is 0 Å². The number of piperidine rings is 1. The predicted octanol–water partition coefficient (Wildman–Crippen LogP) is 1.41. The third-order valence-electron chi connectivity index (χ3n) is 2.29. The van der Waals surface area contributed by atoms with E-state index in [-0.39, 0.29) is 19.5 Å². The van der Waals surface area contributed by atoms with Crippen molar-refractivity contribution in [2.75, 3.05) is 20.1 Å². The molecule has 2 atom stereocenters. The van der Waals surface area contributed by atoms with Gasteiger partial charge in [-0.2, -0.15) is 5.92 Å². The van der Waals surface area contributed by atoms with E-state index in [4.69, 9.17) is 0 Å². The number of hydrogen-bond acceptors (Lipinski definition) is 1. The molecule has 0 N–H and O–H groups in total. The number of likely N-dealkylation sites (tertiary alicyclic amines) is 1. The fourth-order valence-corrected chi connectivity index (χ4v) is 1.31. The van der Waals surface area contributed by atoms with E-state index in [2.05, 4.69) is 32.2 Å². The van der Waals surface area contributed by atoms with Gasteiger partial charge in [0.25, 0.3) is 0 Å². The first-order valence-corrected chi connectivity index (χ1v) is 3.72. The standard InChI is InChI=1S/C8H16N.Rh/c1-7-4-5-9(3)6-8(7)2;/h4,7-8H,5-6H2,1-3H3;/q-1;. The van der Waals surface area contributed by atoms with Crippen LogP contribution in [0.5, 0.6) is 0 Å². The van der Waals surface area contributed by atoms with Crippen LogP contribution in [0.25, 0.3) is 0 Å². The summed E-state index contributed by atoms with van der Waals surface area (Å²) >= 11 is 0. The maximum atomic E-state index is 2.40. The van der Waals surface area contributed by atoms with Crippen molar-refractivity contribution >= 4 is 0 Å². The fourth-order valence-electron chi connectivity index (χ4n) is 1.31. The van der Waals surface area contributed by atoms with Gasteiger partial charge in [0, 0.05) is 19.5 Å². The molecule has 0 amide bonds. The molecule has 1 nitrogen and oxygen atoms in total. The Hall–Kier alpha value is 0.583. The normalized spacial score (nSPS) is 35.1. The summed E-state index contributed by atoms with van der Waals surface area (Å²) in [6, 6.07) is 0. The van der Waals surface area contributed by atoms with Crippen molar-refractivity contribution < 1.29 is 19.5 Å². The first-order valence-electron chi connectivity index (χ1n) is 3.72. The minimum Gasteiger partial charge on any atom is -0.335 e. The van der Waals surface area contributed by atoms with Crippen molar-refractivity contribution in [2.45, 2.75) is 13.8 Å². The molecule has 10 heavy (non-hydrogen) atoms. The Bertz CT molecular complexity index is 95.3. The number of hydrogen-bond donors (Lipinski definition) is 0. The van der Waals surface area contributed by atoms with Gasteiger partial charge in [-0.1, -0.05) is 19.8 Å². The van der Waals surface area contributed by atoms with E-state index >= 15 is 0 Å². The Labute approximate surface area is 76.9 Å². The smallest absolute Gasteiger partial charge is 0 e. The quantitative estimate of drug-likeness (QED) is 0.448. The largest absolute Gasteiger partial charge is 0.335 e. The van der Waals surface area contributed by atoms with Gasteiger partial charge in [0.15, 0.2) is 0 Å². The van der Waals surface area contributed by atoms with Gasteiger partial charge in [-0.25, -0.2) is 0 Å². The summed E-state index contributed by atoms with van der Waals surface area (Å²) < 4.78 is 0. The second kappa shape index (κ2) is 4.46. The van der Waals surface area contributed by atoms with Gasteiger partial charge < -0.3 is 11.3 Å². The summed E-state index contributed by atoms with van der Waals surface area (Å²) in [4.78, 5) is 2.37. The number of nitrogens with zero attached hydrogens (tertiary/aromatic N) is 1. The van der Waals surface area contributed by atoms with Gasteiger partial charge in [-0.15, -0.1) is 6.54 Å². The van der Waals surface area contributed by atoms with Crippen LogP contribution in [-0.2, 0) is 19.5 Å². The van der Waals surface area contributed by atoms with Crippen molar-refractivity contribution in [1.29, 1.82) is 0 Å². The van der Waals surface area contributed by atoms with Crippen LogP contribution in [0.2, 0.25) is 0 Å². The Balaban J connectivity index is 0.000000810. The van der Waals surface area contributed by atoms with Crippen LogP contribution in [0.3, 0.4) is 0 Å². The maximum absolute atomic E-state index is 2.40. The van der Waals surface area contributed by atoms with E-state index in [0.717, 1.165) is 11.8 Å². The Morgan fingerprint density at radius 3 is 2.40 bits per heavy atom. The Morgan fingerprint density at radius 2 is 2.00 bits per heavy atom. The van der Waals surface area contributed by atoms with Crippen LogP contribution in [0.15, 0.2) is 0 Å². The van der Waals surface area contributed by atoms with Crippen LogP contribution >= 0.6 is 0 Å². The van der Waals surface area contributed by atoms with Crippen molar-refractivity contribution in [3.8, 4) is 0 Å². The minimum absolute atomic E-state index is 0.